The van der Waals surface area contributed by atoms with Crippen LogP contribution in [0.25, 0.3) is 0 Å². The van der Waals surface area contributed by atoms with Gasteiger partial charge in [-0.05, 0) is 5.56 Å². The van der Waals surface area contributed by atoms with E-state index in [2.05, 4.69) is 20.6 Å². The van der Waals surface area contributed by atoms with Gasteiger partial charge < -0.3 is 20.8 Å². The van der Waals surface area contributed by atoms with E-state index in [0.29, 0.717) is 6.42 Å². The highest BCUT2D eigenvalue weighted by Crippen LogP contribution is 2.01. The summed E-state index contributed by atoms with van der Waals surface area (Å²) in [5.41, 5.74) is 7.50. The van der Waals surface area contributed by atoms with Crippen molar-refractivity contribution in [2.45, 2.75) is 38.5 Å². The molecule has 0 spiro atoms. The number of amides is 1. The van der Waals surface area contributed by atoms with Gasteiger partial charge in [0.05, 0.1) is 25.0 Å². The minimum Gasteiger partial charge on any atom is -0.460 e. The zero-order valence-electron chi connectivity index (χ0n) is 16.4. The van der Waals surface area contributed by atoms with Crippen LogP contribution in [-0.4, -0.2) is 52.8 Å². The first kappa shape index (κ1) is 22.3. The van der Waals surface area contributed by atoms with Crippen LogP contribution in [0.3, 0.4) is 0 Å². The van der Waals surface area contributed by atoms with Crippen LogP contribution in [0.2, 0.25) is 0 Å². The number of carbonyl (C=O) groups is 3. The van der Waals surface area contributed by atoms with E-state index in [1.54, 1.807) is 13.1 Å². The van der Waals surface area contributed by atoms with E-state index in [1.807, 2.05) is 30.3 Å². The summed E-state index contributed by atoms with van der Waals surface area (Å²) in [5.74, 6) is -0.990. The number of rotatable bonds is 12. The Morgan fingerprint density at radius 3 is 2.66 bits per heavy atom. The number of ketones is 1. The van der Waals surface area contributed by atoms with E-state index in [0.717, 1.165) is 11.3 Å². The topological polar surface area (TPSA) is 139 Å². The van der Waals surface area contributed by atoms with Gasteiger partial charge in [0.1, 0.15) is 6.61 Å². The largest absolute Gasteiger partial charge is 0.460 e. The molecule has 0 aliphatic rings. The summed E-state index contributed by atoms with van der Waals surface area (Å²) in [6, 6.07) is 7.83. The van der Waals surface area contributed by atoms with Gasteiger partial charge >= 0.3 is 5.97 Å². The predicted molar refractivity (Wildman–Crippen MR) is 107 cm³/mol. The lowest BCUT2D eigenvalue weighted by atomic mass is 10.1. The number of ether oxygens (including phenoxy) is 1. The van der Waals surface area contributed by atoms with Crippen molar-refractivity contribution in [1.82, 2.24) is 20.6 Å². The quantitative estimate of drug-likeness (QED) is 0.369. The second kappa shape index (κ2) is 11.7. The first-order chi connectivity index (χ1) is 14.0. The Bertz CT molecular complexity index is 779. The molecule has 2 aromatic rings. The SMILES string of the molecule is CCC(=O)[C@H](CNC(=O)C(N)Cc1cnc[nH]1)NCC(=O)OCc1ccccc1. The van der Waals surface area contributed by atoms with Gasteiger partial charge in [-0.15, -0.1) is 0 Å². The fourth-order valence-electron chi connectivity index (χ4n) is 2.60. The molecule has 1 unspecified atom stereocenters. The molecule has 0 saturated heterocycles. The molecule has 0 fully saturated rings. The fourth-order valence-corrected chi connectivity index (χ4v) is 2.60. The predicted octanol–water partition coefficient (Wildman–Crippen LogP) is 0.0764. The zero-order chi connectivity index (χ0) is 21.1. The molecule has 0 aliphatic carbocycles. The van der Waals surface area contributed by atoms with Crippen molar-refractivity contribution in [3.05, 3.63) is 54.1 Å². The number of nitrogens with two attached hydrogens (primary N) is 1. The molecule has 9 nitrogen and oxygen atoms in total. The summed E-state index contributed by atoms with van der Waals surface area (Å²) < 4.78 is 5.18. The summed E-state index contributed by atoms with van der Waals surface area (Å²) in [5, 5.41) is 5.51. The molecule has 29 heavy (non-hydrogen) atoms. The van der Waals surface area contributed by atoms with Crippen molar-refractivity contribution in [1.29, 1.82) is 0 Å². The normalized spacial score (nSPS) is 12.8. The highest BCUT2D eigenvalue weighted by atomic mass is 16.5. The summed E-state index contributed by atoms with van der Waals surface area (Å²) in [6.07, 6.45) is 3.68. The number of nitrogens with zero attached hydrogens (tertiary/aromatic N) is 1. The molecule has 0 aliphatic heterocycles. The van der Waals surface area contributed by atoms with Gasteiger partial charge in [-0.3, -0.25) is 19.7 Å². The van der Waals surface area contributed by atoms with Crippen molar-refractivity contribution < 1.29 is 19.1 Å². The summed E-state index contributed by atoms with van der Waals surface area (Å²) in [7, 11) is 0. The van der Waals surface area contributed by atoms with Crippen LogP contribution in [-0.2, 0) is 32.1 Å². The van der Waals surface area contributed by atoms with Crippen molar-refractivity contribution in [2.24, 2.45) is 5.73 Å². The van der Waals surface area contributed by atoms with Crippen molar-refractivity contribution in [3.8, 4) is 0 Å². The lowest BCUT2D eigenvalue weighted by molar-refractivity contribution is -0.144. The van der Waals surface area contributed by atoms with Crippen LogP contribution in [0, 0.1) is 0 Å². The Morgan fingerprint density at radius 1 is 1.24 bits per heavy atom. The molecular formula is C20H27N5O4. The van der Waals surface area contributed by atoms with Crippen molar-refractivity contribution in [2.75, 3.05) is 13.1 Å². The summed E-state index contributed by atoms with van der Waals surface area (Å²) >= 11 is 0. The molecule has 0 bridgehead atoms. The van der Waals surface area contributed by atoms with E-state index >= 15 is 0 Å². The first-order valence-corrected chi connectivity index (χ1v) is 9.45. The van der Waals surface area contributed by atoms with Crippen LogP contribution >= 0.6 is 0 Å². The van der Waals surface area contributed by atoms with Gasteiger partial charge in [0, 0.05) is 31.3 Å². The number of imidazole rings is 1. The number of aromatic nitrogens is 2. The minimum atomic E-state index is -0.774. The third-order valence-electron chi connectivity index (χ3n) is 4.28. The molecule has 9 heteroatoms. The Kier molecular flexibility index (Phi) is 9.00. The molecule has 1 aromatic heterocycles. The van der Waals surface area contributed by atoms with Crippen LogP contribution in [0.4, 0.5) is 0 Å². The first-order valence-electron chi connectivity index (χ1n) is 9.45. The number of nitrogens with one attached hydrogen (secondary N) is 3. The van der Waals surface area contributed by atoms with Gasteiger partial charge in [0.25, 0.3) is 0 Å². The molecule has 0 radical (unpaired) electrons. The van der Waals surface area contributed by atoms with E-state index in [4.69, 9.17) is 10.5 Å². The minimum absolute atomic E-state index is 0.0359. The standard InChI is InChI=1S/C20H27N5O4/c1-2-18(26)17(10-24-20(28)16(21)8-15-9-22-13-25-15)23-11-19(27)29-12-14-6-4-3-5-7-14/h3-7,9,13,16-17,23H,2,8,10-12,21H2,1H3,(H,22,25)(H,24,28)/t16?,17-/m0/s1. The van der Waals surface area contributed by atoms with Crippen LogP contribution in [0.15, 0.2) is 42.9 Å². The summed E-state index contributed by atoms with van der Waals surface area (Å²) in [4.78, 5) is 43.0. The van der Waals surface area contributed by atoms with Crippen LogP contribution < -0.4 is 16.4 Å². The maximum Gasteiger partial charge on any atom is 0.320 e. The maximum atomic E-state index is 12.2. The number of hydrogen-bond acceptors (Lipinski definition) is 7. The van der Waals surface area contributed by atoms with Crippen molar-refractivity contribution >= 4 is 17.7 Å². The molecule has 1 aromatic carbocycles. The molecule has 5 N–H and O–H groups in total. The summed E-state index contributed by atoms with van der Waals surface area (Å²) in [6.45, 7) is 1.77. The smallest absolute Gasteiger partial charge is 0.320 e. The number of Topliss-reactive ketones (excluding diaryl/α,β-unsaturated/α-hetero) is 1. The molecule has 2 atom stereocenters. The number of esters is 1. The van der Waals surface area contributed by atoms with Gasteiger partial charge in [0.2, 0.25) is 5.91 Å². The third kappa shape index (κ3) is 7.84. The second-order valence-electron chi connectivity index (χ2n) is 6.53. The van der Waals surface area contributed by atoms with E-state index in [1.165, 1.54) is 6.33 Å². The molecular weight excluding hydrogens is 374 g/mol. The highest BCUT2D eigenvalue weighted by molar-refractivity contribution is 5.86. The second-order valence-corrected chi connectivity index (χ2v) is 6.53. The number of carbonyl (C=O) groups excluding carboxylic acids is 3. The molecule has 1 amide bonds. The fraction of sp³-hybridized carbons (Fsp3) is 0.400. The maximum absolute atomic E-state index is 12.2. The zero-order valence-corrected chi connectivity index (χ0v) is 16.4. The average Bonchev–Trinajstić information content (AvgIpc) is 3.25. The van der Waals surface area contributed by atoms with E-state index in [-0.39, 0.29) is 37.8 Å². The Balaban J connectivity index is 1.76. The van der Waals surface area contributed by atoms with Crippen molar-refractivity contribution in [3.63, 3.8) is 0 Å². The third-order valence-corrected chi connectivity index (χ3v) is 4.28. The van der Waals surface area contributed by atoms with E-state index in [9.17, 15) is 14.4 Å². The van der Waals surface area contributed by atoms with Gasteiger partial charge in [0.15, 0.2) is 5.78 Å². The number of H-pyrrole nitrogens is 1. The highest BCUT2D eigenvalue weighted by Gasteiger charge is 2.21. The number of hydrogen-bond donors (Lipinski definition) is 4. The number of aromatic amines is 1. The molecule has 0 saturated carbocycles. The number of benzene rings is 1. The van der Waals surface area contributed by atoms with Gasteiger partial charge in [-0.2, -0.15) is 0 Å². The van der Waals surface area contributed by atoms with E-state index < -0.39 is 18.1 Å². The Labute approximate surface area is 169 Å². The lowest BCUT2D eigenvalue weighted by Gasteiger charge is -2.19. The molecule has 2 rings (SSSR count). The van der Waals surface area contributed by atoms with Crippen LogP contribution in [0.5, 0.6) is 0 Å². The molecule has 156 valence electrons. The Morgan fingerprint density at radius 2 is 2.00 bits per heavy atom. The van der Waals surface area contributed by atoms with Gasteiger partial charge in [-0.25, -0.2) is 4.98 Å². The lowest BCUT2D eigenvalue weighted by Crippen LogP contribution is -2.51. The van der Waals surface area contributed by atoms with Gasteiger partial charge in [-0.1, -0.05) is 37.3 Å². The van der Waals surface area contributed by atoms with Crippen LogP contribution in [0.1, 0.15) is 24.6 Å². The monoisotopic (exact) mass is 401 g/mol. The average molecular weight is 401 g/mol. The Hall–Kier alpha value is -3.04. The molecule has 1 heterocycles.